The maximum atomic E-state index is 6.02. The van der Waals surface area contributed by atoms with Gasteiger partial charge in [-0.15, -0.1) is 0 Å². The van der Waals surface area contributed by atoms with E-state index in [2.05, 4.69) is 77.0 Å². The van der Waals surface area contributed by atoms with Gasteiger partial charge < -0.3 is 14.8 Å². The first-order valence-electron chi connectivity index (χ1n) is 11.0. The van der Waals surface area contributed by atoms with Gasteiger partial charge in [0.2, 0.25) is 0 Å². The van der Waals surface area contributed by atoms with Crippen molar-refractivity contribution in [3.63, 3.8) is 0 Å². The van der Waals surface area contributed by atoms with Crippen LogP contribution in [-0.4, -0.2) is 60.1 Å². The standard InChI is InChI=1S/C25H26BrClN6/c1-31(2)20-9-5-18(6-10-20)24-29-22-23(21(26)15-28-25(22)30-24)33-13-11-32(12-14-33)16-17-3-7-19(27)8-4-17/h3-10,15H,11-14,16H2,1-2H3,(H,28,29,30). The summed E-state index contributed by atoms with van der Waals surface area (Å²) in [6.45, 7) is 4.79. The summed E-state index contributed by atoms with van der Waals surface area (Å²) in [4.78, 5) is 19.9. The predicted octanol–water partition coefficient (Wildman–Crippen LogP) is 5.43. The van der Waals surface area contributed by atoms with E-state index in [9.17, 15) is 0 Å². The maximum absolute atomic E-state index is 6.02. The number of pyridine rings is 1. The van der Waals surface area contributed by atoms with E-state index in [-0.39, 0.29) is 0 Å². The topological polar surface area (TPSA) is 51.3 Å². The van der Waals surface area contributed by atoms with Gasteiger partial charge in [-0.2, -0.15) is 0 Å². The van der Waals surface area contributed by atoms with Crippen LogP contribution in [0.25, 0.3) is 22.6 Å². The van der Waals surface area contributed by atoms with Crippen LogP contribution in [0.1, 0.15) is 5.56 Å². The van der Waals surface area contributed by atoms with Crippen LogP contribution in [-0.2, 0) is 6.54 Å². The molecule has 0 aliphatic carbocycles. The van der Waals surface area contributed by atoms with E-state index in [0.29, 0.717) is 0 Å². The molecule has 1 saturated heterocycles. The van der Waals surface area contributed by atoms with Gasteiger partial charge in [-0.05, 0) is 57.9 Å². The molecule has 1 aliphatic heterocycles. The average Bonchev–Trinajstić information content (AvgIpc) is 3.26. The fourth-order valence-electron chi connectivity index (χ4n) is 4.25. The van der Waals surface area contributed by atoms with E-state index in [4.69, 9.17) is 16.6 Å². The van der Waals surface area contributed by atoms with Crippen molar-refractivity contribution in [1.29, 1.82) is 0 Å². The highest BCUT2D eigenvalue weighted by atomic mass is 79.9. The summed E-state index contributed by atoms with van der Waals surface area (Å²) in [7, 11) is 4.08. The molecule has 6 nitrogen and oxygen atoms in total. The number of anilines is 2. The summed E-state index contributed by atoms with van der Waals surface area (Å²) in [5, 5.41) is 0.780. The van der Waals surface area contributed by atoms with Crippen LogP contribution in [0.2, 0.25) is 5.02 Å². The van der Waals surface area contributed by atoms with E-state index >= 15 is 0 Å². The van der Waals surface area contributed by atoms with Gasteiger partial charge in [0.25, 0.3) is 0 Å². The smallest absolute Gasteiger partial charge is 0.159 e. The third-order valence-electron chi connectivity index (χ3n) is 6.11. The fraction of sp³-hybridized carbons (Fsp3) is 0.280. The van der Waals surface area contributed by atoms with Gasteiger partial charge in [0.1, 0.15) is 11.3 Å². The lowest BCUT2D eigenvalue weighted by Crippen LogP contribution is -2.46. The van der Waals surface area contributed by atoms with E-state index in [1.165, 1.54) is 5.56 Å². The van der Waals surface area contributed by atoms with Crippen LogP contribution in [0.3, 0.4) is 0 Å². The van der Waals surface area contributed by atoms with E-state index in [0.717, 1.165) is 76.1 Å². The van der Waals surface area contributed by atoms with Crippen molar-refractivity contribution >= 4 is 50.1 Å². The second-order valence-corrected chi connectivity index (χ2v) is 9.86. The maximum Gasteiger partial charge on any atom is 0.159 e. The number of benzene rings is 2. The fourth-order valence-corrected chi connectivity index (χ4v) is 4.92. The number of imidazole rings is 1. The van der Waals surface area contributed by atoms with Crippen LogP contribution in [0.15, 0.2) is 59.2 Å². The van der Waals surface area contributed by atoms with Crippen molar-refractivity contribution in [2.75, 3.05) is 50.1 Å². The van der Waals surface area contributed by atoms with Gasteiger partial charge in [0.15, 0.2) is 5.65 Å². The summed E-state index contributed by atoms with van der Waals surface area (Å²) < 4.78 is 0.974. The van der Waals surface area contributed by atoms with Crippen LogP contribution in [0, 0.1) is 0 Å². The number of nitrogens with zero attached hydrogens (tertiary/aromatic N) is 5. The zero-order chi connectivity index (χ0) is 22.9. The van der Waals surface area contributed by atoms with Crippen LogP contribution >= 0.6 is 27.5 Å². The molecule has 0 amide bonds. The minimum absolute atomic E-state index is 0.780. The van der Waals surface area contributed by atoms with Gasteiger partial charge in [0.05, 0.1) is 10.2 Å². The molecule has 170 valence electrons. The molecule has 0 atom stereocenters. The molecule has 4 aromatic rings. The summed E-state index contributed by atoms with van der Waals surface area (Å²) >= 11 is 9.75. The highest BCUT2D eigenvalue weighted by molar-refractivity contribution is 9.10. The SMILES string of the molecule is CN(C)c1ccc(-c2nc3c(N4CCN(Cc5ccc(Cl)cc5)CC4)c(Br)cnc3[nH]2)cc1. The number of nitrogens with one attached hydrogen (secondary N) is 1. The molecule has 1 aliphatic rings. The number of aromatic nitrogens is 3. The highest BCUT2D eigenvalue weighted by Crippen LogP contribution is 2.34. The molecule has 0 spiro atoms. The summed E-state index contributed by atoms with van der Waals surface area (Å²) in [5.74, 6) is 0.837. The predicted molar refractivity (Wildman–Crippen MR) is 140 cm³/mol. The molecular weight excluding hydrogens is 500 g/mol. The molecule has 1 fully saturated rings. The van der Waals surface area contributed by atoms with Crippen LogP contribution in [0.4, 0.5) is 11.4 Å². The van der Waals surface area contributed by atoms with Crippen molar-refractivity contribution in [3.05, 3.63) is 69.8 Å². The molecule has 0 bridgehead atoms. The number of aromatic amines is 1. The summed E-state index contributed by atoms with van der Waals surface area (Å²) in [5.41, 5.74) is 6.32. The molecule has 2 aromatic carbocycles. The molecule has 2 aromatic heterocycles. The van der Waals surface area contributed by atoms with Crippen LogP contribution in [0.5, 0.6) is 0 Å². The first-order valence-corrected chi connectivity index (χ1v) is 12.2. The number of fused-ring (bicyclic) bond motifs is 1. The molecule has 0 radical (unpaired) electrons. The zero-order valence-corrected chi connectivity index (χ0v) is 21.1. The lowest BCUT2D eigenvalue weighted by atomic mass is 10.2. The Labute approximate surface area is 207 Å². The quantitative estimate of drug-likeness (QED) is 0.377. The number of piperazine rings is 1. The first-order chi connectivity index (χ1) is 16.0. The van der Waals surface area contributed by atoms with Gasteiger partial charge in [-0.25, -0.2) is 9.97 Å². The lowest BCUT2D eigenvalue weighted by molar-refractivity contribution is 0.250. The van der Waals surface area contributed by atoms with Crippen molar-refractivity contribution < 1.29 is 0 Å². The molecule has 3 heterocycles. The average molecular weight is 526 g/mol. The Hall–Kier alpha value is -2.61. The van der Waals surface area contributed by atoms with Gasteiger partial charge in [0, 0.05) is 69.3 Å². The normalized spacial score (nSPS) is 14.7. The molecule has 8 heteroatoms. The Morgan fingerprint density at radius 3 is 2.36 bits per heavy atom. The van der Waals surface area contributed by atoms with Crippen molar-refractivity contribution in [1.82, 2.24) is 19.9 Å². The Kier molecular flexibility index (Phi) is 6.27. The van der Waals surface area contributed by atoms with E-state index in [1.807, 2.05) is 32.4 Å². The number of hydrogen-bond donors (Lipinski definition) is 1. The number of H-pyrrole nitrogens is 1. The van der Waals surface area contributed by atoms with Crippen molar-refractivity contribution in [2.24, 2.45) is 0 Å². The third kappa shape index (κ3) is 4.71. The number of rotatable bonds is 5. The summed E-state index contributed by atoms with van der Waals surface area (Å²) in [6.07, 6.45) is 1.87. The van der Waals surface area contributed by atoms with E-state index in [1.54, 1.807) is 0 Å². The summed E-state index contributed by atoms with van der Waals surface area (Å²) in [6, 6.07) is 16.5. The first kappa shape index (κ1) is 22.2. The minimum atomic E-state index is 0.780. The monoisotopic (exact) mass is 524 g/mol. The largest absolute Gasteiger partial charge is 0.378 e. The Morgan fingerprint density at radius 1 is 1.00 bits per heavy atom. The van der Waals surface area contributed by atoms with Gasteiger partial charge in [-0.1, -0.05) is 23.7 Å². The number of hydrogen-bond acceptors (Lipinski definition) is 5. The lowest BCUT2D eigenvalue weighted by Gasteiger charge is -2.36. The minimum Gasteiger partial charge on any atom is -0.378 e. The second-order valence-electron chi connectivity index (χ2n) is 8.57. The van der Waals surface area contributed by atoms with Crippen molar-refractivity contribution in [3.8, 4) is 11.4 Å². The Morgan fingerprint density at radius 2 is 1.70 bits per heavy atom. The Bertz CT molecular complexity index is 1240. The Balaban J connectivity index is 1.36. The molecule has 0 saturated carbocycles. The molecular formula is C25H26BrClN6. The number of halogens is 2. The third-order valence-corrected chi connectivity index (χ3v) is 6.94. The van der Waals surface area contributed by atoms with Gasteiger partial charge >= 0.3 is 0 Å². The van der Waals surface area contributed by atoms with E-state index < -0.39 is 0 Å². The molecule has 5 rings (SSSR count). The second kappa shape index (κ2) is 9.33. The van der Waals surface area contributed by atoms with Crippen LogP contribution < -0.4 is 9.80 Å². The van der Waals surface area contributed by atoms with Crippen molar-refractivity contribution in [2.45, 2.75) is 6.54 Å². The van der Waals surface area contributed by atoms with Gasteiger partial charge in [-0.3, -0.25) is 4.90 Å². The molecule has 33 heavy (non-hydrogen) atoms. The molecule has 1 N–H and O–H groups in total. The molecule has 0 unspecified atom stereocenters. The zero-order valence-electron chi connectivity index (χ0n) is 18.7. The highest BCUT2D eigenvalue weighted by Gasteiger charge is 2.23.